The molecule has 0 atom stereocenters. The number of methoxy groups -OCH3 is 1. The zero-order chi connectivity index (χ0) is 21.8. The Morgan fingerprint density at radius 2 is 1.84 bits per heavy atom. The van der Waals surface area contributed by atoms with Gasteiger partial charge in [0.1, 0.15) is 5.75 Å². The van der Waals surface area contributed by atoms with Crippen molar-refractivity contribution in [2.24, 2.45) is 10.2 Å². The highest BCUT2D eigenvalue weighted by Crippen LogP contribution is 2.39. The third kappa shape index (κ3) is 4.57. The number of aromatic nitrogens is 1. The number of aromatic hydroxyl groups is 1. The molecule has 0 aliphatic carbocycles. The molecule has 0 fully saturated rings. The summed E-state index contributed by atoms with van der Waals surface area (Å²) in [6, 6.07) is 23.3. The van der Waals surface area contributed by atoms with E-state index in [-0.39, 0.29) is 11.0 Å². The fourth-order valence-corrected chi connectivity index (χ4v) is 3.51. The van der Waals surface area contributed by atoms with E-state index in [9.17, 15) is 5.11 Å². The van der Waals surface area contributed by atoms with Crippen molar-refractivity contribution in [3.05, 3.63) is 83.9 Å². The number of para-hydroxylation sites is 1. The second-order valence-electron chi connectivity index (χ2n) is 7.12. The van der Waals surface area contributed by atoms with E-state index in [1.54, 1.807) is 7.11 Å². The summed E-state index contributed by atoms with van der Waals surface area (Å²) in [7, 11) is 1.60. The van der Waals surface area contributed by atoms with E-state index in [0.29, 0.717) is 18.0 Å². The maximum absolute atomic E-state index is 10.9. The molecule has 4 rings (SSSR count). The molecule has 0 aliphatic heterocycles. The molecule has 0 unspecified atom stereocenters. The second kappa shape index (κ2) is 8.97. The maximum Gasteiger partial charge on any atom is 0.221 e. The van der Waals surface area contributed by atoms with Gasteiger partial charge in [-0.05, 0) is 42.9 Å². The van der Waals surface area contributed by atoms with Crippen LogP contribution in [0, 0.1) is 6.92 Å². The summed E-state index contributed by atoms with van der Waals surface area (Å²) in [5, 5.41) is 23.3. The average molecular weight is 431 g/mol. The maximum atomic E-state index is 10.9. The molecular weight excluding hydrogens is 408 g/mol. The predicted molar refractivity (Wildman–Crippen MR) is 128 cm³/mol. The molecule has 6 nitrogen and oxygen atoms in total. The number of azo groups is 1. The van der Waals surface area contributed by atoms with Gasteiger partial charge in [-0.2, -0.15) is 0 Å². The largest absolute Gasteiger partial charge is 0.497 e. The van der Waals surface area contributed by atoms with Gasteiger partial charge in [0.25, 0.3) is 0 Å². The van der Waals surface area contributed by atoms with E-state index in [2.05, 4.69) is 39.8 Å². The highest BCUT2D eigenvalue weighted by atomic mass is 32.1. The molecule has 1 aromatic heterocycles. The number of nitrogens with one attached hydrogen (secondary N) is 1. The van der Waals surface area contributed by atoms with Crippen LogP contribution in [0.4, 0.5) is 11.4 Å². The number of benzene rings is 3. The third-order valence-electron chi connectivity index (χ3n) is 4.94. The number of fused-ring (bicyclic) bond motifs is 1. The Morgan fingerprint density at radius 3 is 2.61 bits per heavy atom. The fourth-order valence-electron chi connectivity index (χ4n) is 3.35. The number of aryl methyl sites for hydroxylation is 1. The monoisotopic (exact) mass is 430 g/mol. The molecule has 3 aromatic carbocycles. The lowest BCUT2D eigenvalue weighted by Gasteiger charge is -2.07. The van der Waals surface area contributed by atoms with E-state index in [1.807, 2.05) is 60.0 Å². The fraction of sp³-hybridized carbons (Fsp3) is 0.125. The molecule has 7 heteroatoms. The van der Waals surface area contributed by atoms with Gasteiger partial charge in [0.2, 0.25) is 11.0 Å². The molecule has 156 valence electrons. The number of ether oxygens (including phenoxy) is 1. The van der Waals surface area contributed by atoms with E-state index in [1.165, 1.54) is 5.56 Å². The van der Waals surface area contributed by atoms with Crippen LogP contribution >= 0.6 is 12.2 Å². The van der Waals surface area contributed by atoms with Crippen molar-refractivity contribution in [1.29, 1.82) is 0 Å². The van der Waals surface area contributed by atoms with Gasteiger partial charge in [0.15, 0.2) is 5.69 Å². The van der Waals surface area contributed by atoms with Crippen LogP contribution < -0.4 is 10.1 Å². The molecule has 0 radical (unpaired) electrons. The first-order valence-electron chi connectivity index (χ1n) is 9.77. The lowest BCUT2D eigenvalue weighted by atomic mass is 10.1. The van der Waals surface area contributed by atoms with Gasteiger partial charge in [-0.25, -0.2) is 0 Å². The minimum Gasteiger partial charge on any atom is -0.497 e. The highest BCUT2D eigenvalue weighted by molar-refractivity contribution is 7.80. The quantitative estimate of drug-likeness (QED) is 0.292. The average Bonchev–Trinajstić information content (AvgIpc) is 3.05. The van der Waals surface area contributed by atoms with Crippen molar-refractivity contribution >= 4 is 39.6 Å². The van der Waals surface area contributed by atoms with Crippen LogP contribution in [-0.2, 0) is 6.54 Å². The number of thiocarbonyl (C=S) groups is 1. The van der Waals surface area contributed by atoms with Gasteiger partial charge in [0, 0.05) is 17.1 Å². The van der Waals surface area contributed by atoms with Crippen LogP contribution in [0.15, 0.2) is 83.0 Å². The number of rotatable bonds is 5. The number of nitrogens with zero attached hydrogens (tertiary/aromatic N) is 3. The van der Waals surface area contributed by atoms with Crippen molar-refractivity contribution in [2.75, 3.05) is 12.4 Å². The Bertz CT molecular complexity index is 1260. The van der Waals surface area contributed by atoms with E-state index in [0.717, 1.165) is 22.2 Å². The molecule has 0 saturated heterocycles. The van der Waals surface area contributed by atoms with Crippen LogP contribution in [-0.4, -0.2) is 21.9 Å². The van der Waals surface area contributed by atoms with Crippen LogP contribution in [0.3, 0.4) is 0 Å². The van der Waals surface area contributed by atoms with Crippen molar-refractivity contribution in [3.8, 4) is 11.6 Å². The SMILES string of the molecule is COc1cccc(NC(=S)N=Nc2c(O)n(Cc3ccc(C)cc3)c3ccccc23)c1. The first-order valence-corrected chi connectivity index (χ1v) is 10.2. The molecule has 2 N–H and O–H groups in total. The second-order valence-corrected chi connectivity index (χ2v) is 7.51. The Morgan fingerprint density at radius 1 is 1.06 bits per heavy atom. The van der Waals surface area contributed by atoms with Crippen molar-refractivity contribution in [1.82, 2.24) is 4.57 Å². The van der Waals surface area contributed by atoms with Gasteiger partial charge in [-0.1, -0.05) is 54.1 Å². The molecule has 0 saturated carbocycles. The van der Waals surface area contributed by atoms with Crippen molar-refractivity contribution in [2.45, 2.75) is 13.5 Å². The molecule has 0 spiro atoms. The lowest BCUT2D eigenvalue weighted by Crippen LogP contribution is -2.04. The minimum atomic E-state index is 0.0507. The Balaban J connectivity index is 1.62. The number of hydrogen-bond acceptors (Lipinski definition) is 4. The Hall–Kier alpha value is -3.71. The van der Waals surface area contributed by atoms with E-state index >= 15 is 0 Å². The topological polar surface area (TPSA) is 71.1 Å². The minimum absolute atomic E-state index is 0.0507. The molecule has 1 heterocycles. The first kappa shape index (κ1) is 20.6. The molecule has 0 amide bonds. The van der Waals surface area contributed by atoms with Crippen LogP contribution in [0.5, 0.6) is 11.6 Å². The summed E-state index contributed by atoms with van der Waals surface area (Å²) in [5.41, 5.74) is 4.28. The summed E-state index contributed by atoms with van der Waals surface area (Å²) in [6.07, 6.45) is 0. The summed E-state index contributed by atoms with van der Waals surface area (Å²) >= 11 is 5.30. The Kier molecular flexibility index (Phi) is 5.95. The summed E-state index contributed by atoms with van der Waals surface area (Å²) in [5.74, 6) is 0.760. The standard InChI is InChI=1S/C24H22N4O2S/c1-16-10-12-17(13-11-16)15-28-21-9-4-3-8-20(21)22(23(28)29)26-27-24(31)25-18-6-5-7-19(14-18)30-2/h3-14,29H,15H2,1-2H3,(H,25,31). The van der Waals surface area contributed by atoms with Gasteiger partial charge < -0.3 is 19.7 Å². The van der Waals surface area contributed by atoms with Crippen molar-refractivity contribution < 1.29 is 9.84 Å². The van der Waals surface area contributed by atoms with Gasteiger partial charge in [-0.3, -0.25) is 0 Å². The molecular formula is C24H22N4O2S. The number of anilines is 1. The van der Waals surface area contributed by atoms with Crippen LogP contribution in [0.25, 0.3) is 10.9 Å². The summed E-state index contributed by atoms with van der Waals surface area (Å²) < 4.78 is 7.04. The predicted octanol–water partition coefficient (Wildman–Crippen LogP) is 6.19. The molecule has 31 heavy (non-hydrogen) atoms. The van der Waals surface area contributed by atoms with Gasteiger partial charge >= 0.3 is 0 Å². The van der Waals surface area contributed by atoms with Gasteiger partial charge in [0.05, 0.1) is 19.2 Å². The summed E-state index contributed by atoms with van der Waals surface area (Å²) in [4.78, 5) is 0. The molecule has 0 aliphatic rings. The molecule has 0 bridgehead atoms. The van der Waals surface area contributed by atoms with E-state index < -0.39 is 0 Å². The third-order valence-corrected chi connectivity index (χ3v) is 5.12. The molecule has 4 aromatic rings. The highest BCUT2D eigenvalue weighted by Gasteiger charge is 2.16. The normalized spacial score (nSPS) is 11.2. The van der Waals surface area contributed by atoms with E-state index in [4.69, 9.17) is 17.0 Å². The number of hydrogen-bond donors (Lipinski definition) is 2. The van der Waals surface area contributed by atoms with Crippen LogP contribution in [0.2, 0.25) is 0 Å². The zero-order valence-electron chi connectivity index (χ0n) is 17.2. The Labute approximate surface area is 185 Å². The zero-order valence-corrected chi connectivity index (χ0v) is 18.1. The smallest absolute Gasteiger partial charge is 0.221 e. The first-order chi connectivity index (χ1) is 15.0. The lowest BCUT2D eigenvalue weighted by molar-refractivity contribution is 0.415. The summed E-state index contributed by atoms with van der Waals surface area (Å²) in [6.45, 7) is 2.57. The van der Waals surface area contributed by atoms with Crippen LogP contribution in [0.1, 0.15) is 11.1 Å². The van der Waals surface area contributed by atoms with Gasteiger partial charge in [-0.15, -0.1) is 10.2 Å². The van der Waals surface area contributed by atoms with Crippen molar-refractivity contribution in [3.63, 3.8) is 0 Å².